The summed E-state index contributed by atoms with van der Waals surface area (Å²) in [4.78, 5) is 15.6. The van der Waals surface area contributed by atoms with Crippen molar-refractivity contribution in [2.24, 2.45) is 0 Å². The van der Waals surface area contributed by atoms with Crippen LogP contribution >= 0.6 is 11.3 Å². The summed E-state index contributed by atoms with van der Waals surface area (Å²) in [5.41, 5.74) is 0.728. The van der Waals surface area contributed by atoms with Crippen LogP contribution in [0.3, 0.4) is 0 Å². The molecule has 0 aliphatic heterocycles. The molecule has 0 spiro atoms. The first kappa shape index (κ1) is 15.3. The molecule has 1 aromatic carbocycles. The Bertz CT molecular complexity index is 623. The Hall–Kier alpha value is -2.09. The summed E-state index contributed by atoms with van der Waals surface area (Å²) in [6.45, 7) is -1.37. The van der Waals surface area contributed by atoms with Gasteiger partial charge in [0.2, 0.25) is 0 Å². The second kappa shape index (κ2) is 6.13. The number of nitrogens with one attached hydrogen (secondary N) is 1. The van der Waals surface area contributed by atoms with Crippen LogP contribution in [-0.4, -0.2) is 30.7 Å². The summed E-state index contributed by atoms with van der Waals surface area (Å²) in [5, 5.41) is 3.75. The molecule has 21 heavy (non-hydrogen) atoms. The third-order valence-electron chi connectivity index (χ3n) is 2.52. The van der Waals surface area contributed by atoms with Crippen molar-refractivity contribution in [1.82, 2.24) is 10.3 Å². The predicted octanol–water partition coefficient (Wildman–Crippen LogP) is 3.11. The lowest BCUT2D eigenvalue weighted by Gasteiger charge is -2.06. The monoisotopic (exact) mass is 316 g/mol. The SMILES string of the molecule is COc1ccc(-c2nc(C(=O)NCC(F)(F)F)cs2)cc1. The van der Waals surface area contributed by atoms with Gasteiger partial charge in [-0.2, -0.15) is 13.2 Å². The van der Waals surface area contributed by atoms with Gasteiger partial charge in [0.05, 0.1) is 7.11 Å². The molecule has 0 unspecified atom stereocenters. The maximum atomic E-state index is 12.0. The molecule has 0 radical (unpaired) electrons. The number of halogens is 3. The molecular formula is C13H11F3N2O2S. The fraction of sp³-hybridized carbons (Fsp3) is 0.231. The van der Waals surface area contributed by atoms with Gasteiger partial charge in [-0.05, 0) is 24.3 Å². The van der Waals surface area contributed by atoms with Crippen LogP contribution in [0, 0.1) is 0 Å². The van der Waals surface area contributed by atoms with Gasteiger partial charge in [0.15, 0.2) is 0 Å². The van der Waals surface area contributed by atoms with Crippen LogP contribution < -0.4 is 10.1 Å². The number of ether oxygens (including phenoxy) is 1. The summed E-state index contributed by atoms with van der Waals surface area (Å²) in [6, 6.07) is 6.99. The minimum atomic E-state index is -4.44. The number of thiazole rings is 1. The smallest absolute Gasteiger partial charge is 0.405 e. The van der Waals surface area contributed by atoms with Crippen molar-refractivity contribution in [3.63, 3.8) is 0 Å². The molecule has 1 N–H and O–H groups in total. The number of hydrogen-bond acceptors (Lipinski definition) is 4. The fourth-order valence-electron chi connectivity index (χ4n) is 1.52. The lowest BCUT2D eigenvalue weighted by atomic mass is 10.2. The quantitative estimate of drug-likeness (QED) is 0.943. The zero-order valence-corrected chi connectivity index (χ0v) is 11.7. The van der Waals surface area contributed by atoms with Gasteiger partial charge in [-0.25, -0.2) is 4.98 Å². The zero-order valence-electron chi connectivity index (χ0n) is 10.9. The number of alkyl halides is 3. The molecule has 0 aliphatic carbocycles. The van der Waals surface area contributed by atoms with Crippen LogP contribution in [0.15, 0.2) is 29.6 Å². The molecule has 0 bridgehead atoms. The zero-order chi connectivity index (χ0) is 15.5. The number of amides is 1. The minimum absolute atomic E-state index is 0.0323. The highest BCUT2D eigenvalue weighted by atomic mass is 32.1. The van der Waals surface area contributed by atoms with Gasteiger partial charge in [-0.15, -0.1) is 11.3 Å². The van der Waals surface area contributed by atoms with Gasteiger partial charge >= 0.3 is 6.18 Å². The van der Waals surface area contributed by atoms with Crippen LogP contribution in [0.2, 0.25) is 0 Å². The molecule has 112 valence electrons. The molecule has 0 atom stereocenters. The lowest BCUT2D eigenvalue weighted by Crippen LogP contribution is -2.33. The summed E-state index contributed by atoms with van der Waals surface area (Å²) in [7, 11) is 1.54. The second-order valence-corrected chi connectivity index (χ2v) is 4.92. The number of aromatic nitrogens is 1. The van der Waals surface area contributed by atoms with E-state index in [1.165, 1.54) is 16.7 Å². The summed E-state index contributed by atoms with van der Waals surface area (Å²) < 4.78 is 41.1. The highest BCUT2D eigenvalue weighted by Gasteiger charge is 2.28. The summed E-state index contributed by atoms with van der Waals surface area (Å²) in [5.74, 6) is -0.165. The summed E-state index contributed by atoms with van der Waals surface area (Å²) in [6.07, 6.45) is -4.44. The van der Waals surface area contributed by atoms with E-state index in [9.17, 15) is 18.0 Å². The van der Waals surface area contributed by atoms with Crippen molar-refractivity contribution in [2.75, 3.05) is 13.7 Å². The number of benzene rings is 1. The highest BCUT2D eigenvalue weighted by Crippen LogP contribution is 2.25. The Morgan fingerprint density at radius 3 is 2.57 bits per heavy atom. The van der Waals surface area contributed by atoms with E-state index in [1.54, 1.807) is 36.7 Å². The van der Waals surface area contributed by atoms with E-state index in [-0.39, 0.29) is 5.69 Å². The van der Waals surface area contributed by atoms with Crippen molar-refractivity contribution >= 4 is 17.2 Å². The van der Waals surface area contributed by atoms with E-state index >= 15 is 0 Å². The van der Waals surface area contributed by atoms with Crippen molar-refractivity contribution < 1.29 is 22.7 Å². The van der Waals surface area contributed by atoms with Crippen LogP contribution in [0.1, 0.15) is 10.5 Å². The second-order valence-electron chi connectivity index (χ2n) is 4.06. The summed E-state index contributed by atoms with van der Waals surface area (Å²) >= 11 is 1.18. The Morgan fingerprint density at radius 2 is 2.00 bits per heavy atom. The maximum absolute atomic E-state index is 12.0. The van der Waals surface area contributed by atoms with E-state index in [0.29, 0.717) is 10.8 Å². The largest absolute Gasteiger partial charge is 0.497 e. The minimum Gasteiger partial charge on any atom is -0.497 e. The third kappa shape index (κ3) is 4.19. The molecule has 2 rings (SSSR count). The number of carbonyl (C=O) groups excluding carboxylic acids is 1. The van der Waals surface area contributed by atoms with Crippen LogP contribution in [0.25, 0.3) is 10.6 Å². The van der Waals surface area contributed by atoms with Crippen LogP contribution in [-0.2, 0) is 0 Å². The highest BCUT2D eigenvalue weighted by molar-refractivity contribution is 7.13. The van der Waals surface area contributed by atoms with Gasteiger partial charge in [0.25, 0.3) is 5.91 Å². The molecule has 2 aromatic rings. The fourth-order valence-corrected chi connectivity index (χ4v) is 2.32. The van der Waals surface area contributed by atoms with Gasteiger partial charge in [0, 0.05) is 10.9 Å². The number of rotatable bonds is 4. The van der Waals surface area contributed by atoms with E-state index in [2.05, 4.69) is 4.98 Å². The van der Waals surface area contributed by atoms with E-state index in [0.717, 1.165) is 5.56 Å². The Balaban J connectivity index is 2.08. The average Bonchev–Trinajstić information content (AvgIpc) is 2.94. The molecular weight excluding hydrogens is 305 g/mol. The standard InChI is InChI=1S/C13H11F3N2O2S/c1-20-9-4-2-8(3-5-9)12-18-10(6-21-12)11(19)17-7-13(14,15)16/h2-6H,7H2,1H3,(H,17,19). The Kier molecular flexibility index (Phi) is 4.46. The van der Waals surface area contributed by atoms with Gasteiger partial charge in [0.1, 0.15) is 23.0 Å². The van der Waals surface area contributed by atoms with Gasteiger partial charge in [-0.3, -0.25) is 4.79 Å². The number of carbonyl (C=O) groups is 1. The Labute approximate surface area is 122 Å². The Morgan fingerprint density at radius 1 is 1.33 bits per heavy atom. The molecule has 0 fully saturated rings. The third-order valence-corrected chi connectivity index (χ3v) is 3.41. The number of hydrogen-bond donors (Lipinski definition) is 1. The van der Waals surface area contributed by atoms with Crippen molar-refractivity contribution in [2.45, 2.75) is 6.18 Å². The average molecular weight is 316 g/mol. The molecule has 0 saturated heterocycles. The molecule has 4 nitrogen and oxygen atoms in total. The molecule has 0 saturated carbocycles. The van der Waals surface area contributed by atoms with Gasteiger partial charge < -0.3 is 10.1 Å². The molecule has 0 aliphatic rings. The maximum Gasteiger partial charge on any atom is 0.405 e. The van der Waals surface area contributed by atoms with E-state index < -0.39 is 18.6 Å². The predicted molar refractivity (Wildman–Crippen MR) is 72.5 cm³/mol. The molecule has 8 heteroatoms. The molecule has 1 amide bonds. The first-order valence-electron chi connectivity index (χ1n) is 5.84. The van der Waals surface area contributed by atoms with E-state index in [4.69, 9.17) is 4.74 Å². The van der Waals surface area contributed by atoms with Gasteiger partial charge in [-0.1, -0.05) is 0 Å². The molecule has 1 aromatic heterocycles. The first-order valence-corrected chi connectivity index (χ1v) is 6.72. The van der Waals surface area contributed by atoms with Crippen molar-refractivity contribution in [3.05, 3.63) is 35.3 Å². The van der Waals surface area contributed by atoms with E-state index in [1.807, 2.05) is 0 Å². The lowest BCUT2D eigenvalue weighted by molar-refractivity contribution is -0.123. The first-order chi connectivity index (χ1) is 9.89. The van der Waals surface area contributed by atoms with Crippen LogP contribution in [0.5, 0.6) is 5.75 Å². The van der Waals surface area contributed by atoms with Crippen molar-refractivity contribution in [1.29, 1.82) is 0 Å². The topological polar surface area (TPSA) is 51.2 Å². The van der Waals surface area contributed by atoms with Crippen molar-refractivity contribution in [3.8, 4) is 16.3 Å². The number of nitrogens with zero attached hydrogens (tertiary/aromatic N) is 1. The normalized spacial score (nSPS) is 11.2. The number of methoxy groups -OCH3 is 1. The molecule has 1 heterocycles. The van der Waals surface area contributed by atoms with Crippen LogP contribution in [0.4, 0.5) is 13.2 Å².